The summed E-state index contributed by atoms with van der Waals surface area (Å²) in [6.45, 7) is 2.17. The van der Waals surface area contributed by atoms with Crippen molar-refractivity contribution in [2.45, 2.75) is 45.3 Å². The zero-order chi connectivity index (χ0) is 29.7. The molecule has 0 radical (unpaired) electrons. The van der Waals surface area contributed by atoms with Gasteiger partial charge in [0.2, 0.25) is 11.8 Å². The average molecular weight is 573 g/mol. The summed E-state index contributed by atoms with van der Waals surface area (Å²) in [6, 6.07) is 10.9. The third-order valence-electron chi connectivity index (χ3n) is 7.20. The lowest BCUT2D eigenvalue weighted by Gasteiger charge is -2.32. The predicted molar refractivity (Wildman–Crippen MR) is 145 cm³/mol. The van der Waals surface area contributed by atoms with Gasteiger partial charge in [-0.25, -0.2) is 9.78 Å². The van der Waals surface area contributed by atoms with E-state index in [2.05, 4.69) is 11.9 Å². The zero-order valence-corrected chi connectivity index (χ0v) is 22.9. The number of aromatic carboxylic acids is 1. The number of amides is 1. The lowest BCUT2D eigenvalue weighted by molar-refractivity contribution is -0.138. The molecule has 1 fully saturated rings. The maximum absolute atomic E-state index is 13.9. The molecule has 1 saturated carbocycles. The van der Waals surface area contributed by atoms with Crippen LogP contribution < -0.4 is 19.1 Å². The number of rotatable bonds is 9. The van der Waals surface area contributed by atoms with Gasteiger partial charge in [-0.3, -0.25) is 4.79 Å². The van der Waals surface area contributed by atoms with Crippen LogP contribution in [-0.2, 0) is 17.5 Å². The summed E-state index contributed by atoms with van der Waals surface area (Å²) in [5.41, 5.74) is -0.636. The van der Waals surface area contributed by atoms with Crippen molar-refractivity contribution in [3.05, 3.63) is 71.4 Å². The Hall–Kier alpha value is -4.28. The second kappa shape index (κ2) is 12.5. The Kier molecular flexibility index (Phi) is 9.05. The summed E-state index contributed by atoms with van der Waals surface area (Å²) < 4.78 is 56.5. The van der Waals surface area contributed by atoms with Crippen LogP contribution in [0.5, 0.6) is 23.1 Å². The molecule has 3 aromatic rings. The zero-order valence-electron chi connectivity index (χ0n) is 22.9. The predicted octanol–water partition coefficient (Wildman–Crippen LogP) is 6.97. The fraction of sp³-hybridized carbons (Fsp3) is 0.367. The van der Waals surface area contributed by atoms with Gasteiger partial charge < -0.3 is 24.2 Å². The number of carboxylic acids is 1. The van der Waals surface area contributed by atoms with Crippen LogP contribution in [0.25, 0.3) is 0 Å². The van der Waals surface area contributed by atoms with Crippen molar-refractivity contribution >= 4 is 17.6 Å². The molecule has 1 amide bonds. The third kappa shape index (κ3) is 6.90. The van der Waals surface area contributed by atoms with Crippen LogP contribution >= 0.6 is 0 Å². The average Bonchev–Trinajstić information content (AvgIpc) is 2.95. The lowest BCUT2D eigenvalue weighted by atomic mass is 9.82. The number of carbonyl (C=O) groups is 2. The number of benzene rings is 2. The number of halogens is 3. The number of nitrogens with zero attached hydrogens (tertiary/aromatic N) is 2. The summed E-state index contributed by atoms with van der Waals surface area (Å²) in [5, 5.41) is 10.1. The van der Waals surface area contributed by atoms with E-state index in [0.29, 0.717) is 35.8 Å². The van der Waals surface area contributed by atoms with Crippen molar-refractivity contribution in [3.63, 3.8) is 0 Å². The minimum absolute atomic E-state index is 0.0319. The van der Waals surface area contributed by atoms with Crippen molar-refractivity contribution in [2.75, 3.05) is 19.1 Å². The number of carboxylic acid groups (broad SMARTS) is 1. The number of ether oxygens (including phenoxy) is 3. The summed E-state index contributed by atoms with van der Waals surface area (Å²) in [5.74, 6) is -1.34. The SMILES string of the molecule is COc1ccc(CN(C(=O)C2CCC(C)CC2)c2ccc(Oc3ncccc3C(F)(F)F)cc2C(=O)O)cc1OC. The van der Waals surface area contributed by atoms with Gasteiger partial charge in [-0.05, 0) is 79.6 Å². The van der Waals surface area contributed by atoms with Crippen molar-refractivity contribution in [1.82, 2.24) is 4.98 Å². The maximum atomic E-state index is 13.9. The quantitative estimate of drug-likeness (QED) is 0.296. The van der Waals surface area contributed by atoms with Gasteiger partial charge in [0.25, 0.3) is 0 Å². The molecule has 1 heterocycles. The van der Waals surface area contributed by atoms with Crippen molar-refractivity contribution in [2.24, 2.45) is 11.8 Å². The van der Waals surface area contributed by atoms with E-state index < -0.39 is 23.6 Å². The topological polar surface area (TPSA) is 98.2 Å². The number of anilines is 1. The number of pyridine rings is 1. The third-order valence-corrected chi connectivity index (χ3v) is 7.20. The Morgan fingerprint density at radius 2 is 1.71 bits per heavy atom. The van der Waals surface area contributed by atoms with Gasteiger partial charge in [0.05, 0.1) is 32.0 Å². The number of carbonyl (C=O) groups excluding carboxylic acids is 1. The molecule has 218 valence electrons. The van der Waals surface area contributed by atoms with Gasteiger partial charge in [-0.15, -0.1) is 0 Å². The summed E-state index contributed by atoms with van der Waals surface area (Å²) >= 11 is 0. The van der Waals surface area contributed by atoms with E-state index >= 15 is 0 Å². The standard InChI is InChI=1S/C30H31F3N2O6/c1-18-6-9-20(10-7-18)28(36)35(17-19-8-13-25(39-2)26(15-19)40-3)24-12-11-21(16-22(24)29(37)38)41-27-23(30(31,32)33)5-4-14-34-27/h4-5,8,11-16,18,20H,6-7,9-10,17H2,1-3H3,(H,37,38). The number of hydrogen-bond donors (Lipinski definition) is 1. The number of alkyl halides is 3. The Labute approximate surface area is 235 Å². The molecule has 4 rings (SSSR count). The van der Waals surface area contributed by atoms with Crippen molar-refractivity contribution in [3.8, 4) is 23.1 Å². The lowest BCUT2D eigenvalue weighted by Crippen LogP contribution is -2.38. The first-order valence-electron chi connectivity index (χ1n) is 13.1. The van der Waals surface area contributed by atoms with Gasteiger partial charge in [-0.2, -0.15) is 13.2 Å². The molecule has 2 aromatic carbocycles. The first-order valence-corrected chi connectivity index (χ1v) is 13.1. The molecular formula is C30H31F3N2O6. The Bertz CT molecular complexity index is 1400. The van der Waals surface area contributed by atoms with Crippen LogP contribution in [-0.4, -0.2) is 36.2 Å². The Balaban J connectivity index is 1.74. The molecule has 0 saturated heterocycles. The second-order valence-corrected chi connectivity index (χ2v) is 10.0. The highest BCUT2D eigenvalue weighted by Gasteiger charge is 2.36. The molecule has 41 heavy (non-hydrogen) atoms. The van der Waals surface area contributed by atoms with E-state index in [4.69, 9.17) is 14.2 Å². The van der Waals surface area contributed by atoms with Gasteiger partial charge in [0, 0.05) is 12.1 Å². The number of aromatic nitrogens is 1. The van der Waals surface area contributed by atoms with Crippen molar-refractivity contribution < 1.29 is 42.1 Å². The molecule has 11 heteroatoms. The van der Waals surface area contributed by atoms with Crippen LogP contribution in [0.15, 0.2) is 54.7 Å². The minimum atomic E-state index is -4.72. The van der Waals surface area contributed by atoms with E-state index in [9.17, 15) is 27.9 Å². The second-order valence-electron chi connectivity index (χ2n) is 10.0. The van der Waals surface area contributed by atoms with E-state index in [1.807, 2.05) is 0 Å². The number of hydrogen-bond acceptors (Lipinski definition) is 6. The molecule has 0 atom stereocenters. The summed E-state index contributed by atoms with van der Waals surface area (Å²) in [4.78, 5) is 31.4. The number of methoxy groups -OCH3 is 2. The monoisotopic (exact) mass is 572 g/mol. The van der Waals surface area contributed by atoms with Crippen LogP contribution in [0.4, 0.5) is 18.9 Å². The minimum Gasteiger partial charge on any atom is -0.493 e. The smallest absolute Gasteiger partial charge is 0.421 e. The molecule has 0 bridgehead atoms. The van der Waals surface area contributed by atoms with Crippen LogP contribution in [0, 0.1) is 11.8 Å². The first-order chi connectivity index (χ1) is 19.5. The highest BCUT2D eigenvalue weighted by atomic mass is 19.4. The Morgan fingerprint density at radius 1 is 1.00 bits per heavy atom. The van der Waals surface area contributed by atoms with Gasteiger partial charge >= 0.3 is 12.1 Å². The van der Waals surface area contributed by atoms with E-state index in [1.165, 1.54) is 31.3 Å². The van der Waals surface area contributed by atoms with E-state index in [1.54, 1.807) is 18.2 Å². The molecule has 1 aliphatic carbocycles. The highest BCUT2D eigenvalue weighted by Crippen LogP contribution is 2.39. The molecule has 0 unspecified atom stereocenters. The van der Waals surface area contributed by atoms with Crippen LogP contribution in [0.3, 0.4) is 0 Å². The summed E-state index contributed by atoms with van der Waals surface area (Å²) in [7, 11) is 2.99. The normalized spacial score (nSPS) is 17.0. The molecular weight excluding hydrogens is 541 g/mol. The molecule has 8 nitrogen and oxygen atoms in total. The van der Waals surface area contributed by atoms with Crippen molar-refractivity contribution in [1.29, 1.82) is 0 Å². The van der Waals surface area contributed by atoms with E-state index in [-0.39, 0.29) is 35.4 Å². The van der Waals surface area contributed by atoms with Crippen LogP contribution in [0.1, 0.15) is 54.1 Å². The fourth-order valence-corrected chi connectivity index (χ4v) is 4.96. The molecule has 1 aromatic heterocycles. The Morgan fingerprint density at radius 3 is 2.34 bits per heavy atom. The van der Waals surface area contributed by atoms with E-state index in [0.717, 1.165) is 37.2 Å². The maximum Gasteiger partial charge on any atom is 0.421 e. The molecule has 1 N–H and O–H groups in total. The fourth-order valence-electron chi connectivity index (χ4n) is 4.96. The summed E-state index contributed by atoms with van der Waals surface area (Å²) in [6.07, 6.45) is -0.474. The molecule has 0 aliphatic heterocycles. The van der Waals surface area contributed by atoms with Gasteiger partial charge in [0.15, 0.2) is 11.5 Å². The first kappa shape index (κ1) is 29.7. The van der Waals surface area contributed by atoms with Crippen LogP contribution in [0.2, 0.25) is 0 Å². The highest BCUT2D eigenvalue weighted by molar-refractivity contribution is 6.03. The van der Waals surface area contributed by atoms with Gasteiger partial charge in [-0.1, -0.05) is 13.0 Å². The molecule has 1 aliphatic rings. The molecule has 0 spiro atoms. The van der Waals surface area contributed by atoms with Gasteiger partial charge in [0.1, 0.15) is 11.3 Å². The largest absolute Gasteiger partial charge is 0.493 e.